The number of aliphatic hydroxyl groups excluding tert-OH is 2. The highest BCUT2D eigenvalue weighted by Crippen LogP contribution is 2.17. The Bertz CT molecular complexity index is 739. The van der Waals surface area contributed by atoms with Crippen molar-refractivity contribution < 1.29 is 15.0 Å². The predicted octanol–water partition coefficient (Wildman–Crippen LogP) is 15.8. The Morgan fingerprint density at radius 2 is 0.685 bits per heavy atom. The molecule has 0 rings (SSSR count). The first-order chi connectivity index (χ1) is 26.7. The zero-order valence-corrected chi connectivity index (χ0v) is 37.0. The fraction of sp³-hybridized carbons (Fsp3) is 0.940. The zero-order chi connectivity index (χ0) is 39.3. The van der Waals surface area contributed by atoms with Crippen LogP contribution in [-0.2, 0) is 4.79 Å². The number of nitrogens with one attached hydrogen (secondary N) is 1. The van der Waals surface area contributed by atoms with Crippen molar-refractivity contribution in [2.45, 2.75) is 296 Å². The SMILES string of the molecule is CCCCCCCCCCCCCCCCCCCCCCCCCCC/C=C/C(O)C(CO)NC(=O)CCCCCCCCCCCCCCCCC. The maximum Gasteiger partial charge on any atom is 0.220 e. The second-order valence-electron chi connectivity index (χ2n) is 17.2. The average Bonchev–Trinajstić information content (AvgIpc) is 3.18. The maximum absolute atomic E-state index is 12.4. The van der Waals surface area contributed by atoms with Gasteiger partial charge in [0.25, 0.3) is 0 Å². The molecule has 0 aliphatic rings. The number of allylic oxidation sites excluding steroid dienone is 1. The van der Waals surface area contributed by atoms with Gasteiger partial charge in [-0.1, -0.05) is 270 Å². The van der Waals surface area contributed by atoms with E-state index >= 15 is 0 Å². The summed E-state index contributed by atoms with van der Waals surface area (Å²) < 4.78 is 0. The van der Waals surface area contributed by atoms with E-state index in [0.29, 0.717) is 6.42 Å². The molecule has 0 spiro atoms. The van der Waals surface area contributed by atoms with Crippen molar-refractivity contribution in [2.75, 3.05) is 6.61 Å². The Morgan fingerprint density at radius 1 is 0.426 bits per heavy atom. The van der Waals surface area contributed by atoms with Crippen molar-refractivity contribution in [1.82, 2.24) is 5.32 Å². The molecular formula is C50H99NO3. The number of hydrogen-bond donors (Lipinski definition) is 3. The van der Waals surface area contributed by atoms with Crippen molar-refractivity contribution in [3.63, 3.8) is 0 Å². The summed E-state index contributed by atoms with van der Waals surface area (Å²) in [5.74, 6) is -0.0589. The van der Waals surface area contributed by atoms with Crippen LogP contribution in [0.2, 0.25) is 0 Å². The van der Waals surface area contributed by atoms with Gasteiger partial charge < -0.3 is 15.5 Å². The quantitative estimate of drug-likeness (QED) is 0.0427. The Balaban J connectivity index is 3.46. The summed E-state index contributed by atoms with van der Waals surface area (Å²) in [6.45, 7) is 4.34. The maximum atomic E-state index is 12.4. The molecule has 0 heterocycles. The van der Waals surface area contributed by atoms with Crippen molar-refractivity contribution >= 4 is 5.91 Å². The van der Waals surface area contributed by atoms with Gasteiger partial charge in [0.05, 0.1) is 18.8 Å². The number of unbranched alkanes of at least 4 members (excludes halogenated alkanes) is 39. The monoisotopic (exact) mass is 762 g/mol. The minimum atomic E-state index is -0.834. The van der Waals surface area contributed by atoms with E-state index in [2.05, 4.69) is 19.2 Å². The van der Waals surface area contributed by atoms with Crippen LogP contribution in [0.25, 0.3) is 0 Å². The molecule has 0 radical (unpaired) electrons. The molecule has 322 valence electrons. The summed E-state index contributed by atoms with van der Waals surface area (Å²) >= 11 is 0. The zero-order valence-electron chi connectivity index (χ0n) is 37.0. The summed E-state index contributed by atoms with van der Waals surface area (Å²) in [7, 11) is 0. The fourth-order valence-electron chi connectivity index (χ4n) is 7.95. The van der Waals surface area contributed by atoms with Gasteiger partial charge in [0.15, 0.2) is 0 Å². The molecule has 3 N–H and O–H groups in total. The lowest BCUT2D eigenvalue weighted by Gasteiger charge is -2.20. The second-order valence-corrected chi connectivity index (χ2v) is 17.2. The first-order valence-corrected chi connectivity index (χ1v) is 24.9. The predicted molar refractivity (Wildman–Crippen MR) is 239 cm³/mol. The van der Waals surface area contributed by atoms with Crippen molar-refractivity contribution in [1.29, 1.82) is 0 Å². The van der Waals surface area contributed by atoms with E-state index in [1.807, 2.05) is 6.08 Å². The lowest BCUT2D eigenvalue weighted by Crippen LogP contribution is -2.45. The van der Waals surface area contributed by atoms with Crippen LogP contribution in [0.5, 0.6) is 0 Å². The van der Waals surface area contributed by atoms with Crippen LogP contribution in [0.4, 0.5) is 0 Å². The highest BCUT2D eigenvalue weighted by Gasteiger charge is 2.18. The number of carbonyl (C=O) groups excluding carboxylic acids is 1. The molecule has 4 nitrogen and oxygen atoms in total. The molecule has 0 saturated heterocycles. The van der Waals surface area contributed by atoms with E-state index in [1.165, 1.54) is 238 Å². The van der Waals surface area contributed by atoms with Crippen LogP contribution < -0.4 is 5.32 Å². The first-order valence-electron chi connectivity index (χ1n) is 24.9. The van der Waals surface area contributed by atoms with Gasteiger partial charge in [0.2, 0.25) is 5.91 Å². The lowest BCUT2D eigenvalue weighted by atomic mass is 10.0. The minimum Gasteiger partial charge on any atom is -0.394 e. The summed E-state index contributed by atoms with van der Waals surface area (Å²) in [4.78, 5) is 12.4. The normalized spacial score (nSPS) is 12.9. The highest BCUT2D eigenvalue weighted by molar-refractivity contribution is 5.76. The van der Waals surface area contributed by atoms with Gasteiger partial charge in [-0.05, 0) is 19.3 Å². The molecular weight excluding hydrogens is 663 g/mol. The number of hydrogen-bond acceptors (Lipinski definition) is 3. The molecule has 0 aromatic heterocycles. The number of aliphatic hydroxyl groups is 2. The van der Waals surface area contributed by atoms with Gasteiger partial charge in [-0.25, -0.2) is 0 Å². The molecule has 2 atom stereocenters. The number of carbonyl (C=O) groups is 1. The molecule has 2 unspecified atom stereocenters. The lowest BCUT2D eigenvalue weighted by molar-refractivity contribution is -0.123. The molecule has 0 bridgehead atoms. The molecule has 0 aromatic carbocycles. The summed E-state index contributed by atoms with van der Waals surface area (Å²) in [5, 5.41) is 23.1. The van der Waals surface area contributed by atoms with E-state index < -0.39 is 12.1 Å². The van der Waals surface area contributed by atoms with E-state index in [1.54, 1.807) is 6.08 Å². The third-order valence-corrected chi connectivity index (χ3v) is 11.8. The third-order valence-electron chi connectivity index (χ3n) is 11.8. The Labute approximate surface area is 339 Å². The van der Waals surface area contributed by atoms with Gasteiger partial charge >= 0.3 is 0 Å². The van der Waals surface area contributed by atoms with Gasteiger partial charge in [0.1, 0.15) is 0 Å². The van der Waals surface area contributed by atoms with Crippen molar-refractivity contribution in [3.8, 4) is 0 Å². The van der Waals surface area contributed by atoms with Gasteiger partial charge in [-0.3, -0.25) is 4.79 Å². The van der Waals surface area contributed by atoms with E-state index in [-0.39, 0.29) is 12.5 Å². The Kier molecular flexibility index (Phi) is 45.8. The summed E-state index contributed by atoms with van der Waals surface area (Å²) in [6, 6.07) is -0.617. The molecule has 0 aliphatic heterocycles. The third kappa shape index (κ3) is 42.3. The average molecular weight is 762 g/mol. The second kappa shape index (κ2) is 46.5. The Morgan fingerprint density at radius 3 is 0.963 bits per heavy atom. The van der Waals surface area contributed by atoms with Crippen LogP contribution in [0, 0.1) is 0 Å². The molecule has 54 heavy (non-hydrogen) atoms. The standard InChI is InChI=1S/C50H99NO3/c1-3-5-7-9-11-13-15-17-19-20-21-22-23-24-25-26-27-28-29-30-32-33-35-37-39-41-43-45-49(53)48(47-52)51-50(54)46-44-42-40-38-36-34-31-18-16-14-12-10-8-6-4-2/h43,45,48-49,52-53H,3-42,44,46-47H2,1-2H3,(H,51,54)/b45-43+. The molecule has 0 saturated carbocycles. The molecule has 0 fully saturated rings. The molecule has 0 aliphatic carbocycles. The van der Waals surface area contributed by atoms with Crippen LogP contribution in [0.15, 0.2) is 12.2 Å². The van der Waals surface area contributed by atoms with Crippen molar-refractivity contribution in [2.24, 2.45) is 0 Å². The molecule has 0 aromatic rings. The first kappa shape index (κ1) is 53.1. The minimum absolute atomic E-state index is 0.0589. The van der Waals surface area contributed by atoms with Gasteiger partial charge in [-0.15, -0.1) is 0 Å². The smallest absolute Gasteiger partial charge is 0.220 e. The van der Waals surface area contributed by atoms with E-state index in [4.69, 9.17) is 0 Å². The van der Waals surface area contributed by atoms with Gasteiger partial charge in [0, 0.05) is 6.42 Å². The van der Waals surface area contributed by atoms with Crippen molar-refractivity contribution in [3.05, 3.63) is 12.2 Å². The topological polar surface area (TPSA) is 69.6 Å². The van der Waals surface area contributed by atoms with Crippen LogP contribution in [-0.4, -0.2) is 34.9 Å². The van der Waals surface area contributed by atoms with Crippen LogP contribution in [0.1, 0.15) is 284 Å². The summed E-state index contributed by atoms with van der Waals surface area (Å²) in [5.41, 5.74) is 0. The fourth-order valence-corrected chi connectivity index (χ4v) is 7.95. The van der Waals surface area contributed by atoms with Crippen LogP contribution in [0.3, 0.4) is 0 Å². The number of rotatable bonds is 46. The molecule has 4 heteroatoms. The molecule has 1 amide bonds. The van der Waals surface area contributed by atoms with E-state index in [0.717, 1.165) is 25.7 Å². The Hall–Kier alpha value is -0.870. The van der Waals surface area contributed by atoms with E-state index in [9.17, 15) is 15.0 Å². The van der Waals surface area contributed by atoms with Crippen LogP contribution >= 0.6 is 0 Å². The highest BCUT2D eigenvalue weighted by atomic mass is 16.3. The largest absolute Gasteiger partial charge is 0.394 e. The summed E-state index contributed by atoms with van der Waals surface area (Å²) in [6.07, 6.45) is 59.2. The van der Waals surface area contributed by atoms with Gasteiger partial charge in [-0.2, -0.15) is 0 Å². The number of amides is 1.